The quantitative estimate of drug-likeness (QED) is 0.171. The summed E-state index contributed by atoms with van der Waals surface area (Å²) in [6.45, 7) is 4.34. The van der Waals surface area contributed by atoms with Crippen molar-refractivity contribution in [1.82, 2.24) is 0 Å². The zero-order valence-corrected chi connectivity index (χ0v) is 30.6. The van der Waals surface area contributed by atoms with Gasteiger partial charge in [0.15, 0.2) is 0 Å². The van der Waals surface area contributed by atoms with Crippen LogP contribution in [-0.2, 0) is 5.41 Å². The van der Waals surface area contributed by atoms with Crippen LogP contribution in [0, 0.1) is 13.8 Å². The monoisotopic (exact) mass is 692 g/mol. The minimum absolute atomic E-state index is 0.508. The van der Waals surface area contributed by atoms with Gasteiger partial charge in [0.1, 0.15) is 0 Å². The molecule has 0 fully saturated rings. The van der Waals surface area contributed by atoms with Crippen molar-refractivity contribution in [3.63, 3.8) is 0 Å². The summed E-state index contributed by atoms with van der Waals surface area (Å²) >= 11 is 0. The molecule has 0 aliphatic heterocycles. The van der Waals surface area contributed by atoms with Gasteiger partial charge in [-0.1, -0.05) is 127 Å². The lowest BCUT2D eigenvalue weighted by Crippen LogP contribution is -2.26. The average Bonchev–Trinajstić information content (AvgIpc) is 3.49. The summed E-state index contributed by atoms with van der Waals surface area (Å²) in [4.78, 5) is 4.83. The van der Waals surface area contributed by atoms with E-state index in [1.807, 2.05) is 0 Å². The molecule has 54 heavy (non-hydrogen) atoms. The second kappa shape index (κ2) is 12.8. The van der Waals surface area contributed by atoms with Crippen LogP contribution >= 0.6 is 0 Å². The third-order valence-electron chi connectivity index (χ3n) is 11.3. The van der Waals surface area contributed by atoms with Crippen LogP contribution in [0.5, 0.6) is 0 Å². The number of aryl methyl sites for hydroxylation is 2. The van der Waals surface area contributed by atoms with E-state index in [2.05, 4.69) is 218 Å². The van der Waals surface area contributed by atoms with E-state index in [9.17, 15) is 0 Å². The number of nitrogens with zero attached hydrogens (tertiary/aromatic N) is 2. The fourth-order valence-electron chi connectivity index (χ4n) is 9.13. The van der Waals surface area contributed by atoms with Crippen molar-refractivity contribution in [2.75, 3.05) is 9.80 Å². The van der Waals surface area contributed by atoms with Crippen LogP contribution in [0.2, 0.25) is 0 Å². The molecule has 7 aromatic rings. The molecular formula is C52H40N2. The Balaban J connectivity index is 1.25. The highest BCUT2D eigenvalue weighted by atomic mass is 15.2. The van der Waals surface area contributed by atoms with E-state index in [1.54, 1.807) is 0 Å². The third kappa shape index (κ3) is 4.94. The van der Waals surface area contributed by atoms with Gasteiger partial charge in [0.25, 0.3) is 0 Å². The zero-order valence-electron chi connectivity index (χ0n) is 30.6. The van der Waals surface area contributed by atoms with Crippen molar-refractivity contribution in [1.29, 1.82) is 0 Å². The first-order chi connectivity index (χ1) is 26.6. The maximum absolute atomic E-state index is 2.48. The van der Waals surface area contributed by atoms with Gasteiger partial charge < -0.3 is 9.80 Å². The smallest absolute Gasteiger partial charge is 0.0727 e. The maximum atomic E-state index is 2.48. The van der Waals surface area contributed by atoms with E-state index >= 15 is 0 Å². The normalized spacial score (nSPS) is 14.1. The van der Waals surface area contributed by atoms with Gasteiger partial charge in [0.05, 0.1) is 5.41 Å². The van der Waals surface area contributed by atoms with Crippen molar-refractivity contribution in [2.24, 2.45) is 0 Å². The zero-order chi connectivity index (χ0) is 36.2. The van der Waals surface area contributed by atoms with Crippen LogP contribution in [0.4, 0.5) is 28.4 Å². The van der Waals surface area contributed by atoms with E-state index in [0.717, 1.165) is 34.9 Å². The van der Waals surface area contributed by atoms with Crippen molar-refractivity contribution < 1.29 is 0 Å². The van der Waals surface area contributed by atoms with Crippen molar-refractivity contribution in [2.45, 2.75) is 25.7 Å². The van der Waals surface area contributed by atoms with Crippen LogP contribution in [0.1, 0.15) is 39.8 Å². The number of rotatable bonds is 6. The van der Waals surface area contributed by atoms with Crippen molar-refractivity contribution in [3.05, 3.63) is 233 Å². The molecule has 0 saturated heterocycles. The van der Waals surface area contributed by atoms with Gasteiger partial charge in [0, 0.05) is 34.1 Å². The molecule has 7 aromatic carbocycles. The second-order valence-corrected chi connectivity index (χ2v) is 14.6. The number of fused-ring (bicyclic) bond motifs is 10. The van der Waals surface area contributed by atoms with Gasteiger partial charge in [-0.2, -0.15) is 0 Å². The largest absolute Gasteiger partial charge is 0.311 e. The van der Waals surface area contributed by atoms with Crippen LogP contribution < -0.4 is 9.80 Å². The van der Waals surface area contributed by atoms with Gasteiger partial charge in [0.2, 0.25) is 0 Å². The molecule has 258 valence electrons. The molecule has 0 N–H and O–H groups in total. The first kappa shape index (κ1) is 32.0. The number of hydrogen-bond donors (Lipinski definition) is 0. The number of hydrogen-bond acceptors (Lipinski definition) is 2. The SMILES string of the molecule is Cc1cccc(N(C2=CCC=CC=C2)c2ccc3c(c2)C2(c4ccccc4-c4ccccc42)c2cc(N(c4ccccc4)c4cccc(C)c4)ccc2-3)c1. The lowest BCUT2D eigenvalue weighted by molar-refractivity contribution is 0.793. The van der Waals surface area contributed by atoms with E-state index in [-0.39, 0.29) is 0 Å². The fraction of sp³-hybridized carbons (Fsp3) is 0.0769. The Kier molecular flexibility index (Phi) is 7.59. The highest BCUT2D eigenvalue weighted by molar-refractivity contribution is 5.97. The predicted molar refractivity (Wildman–Crippen MR) is 226 cm³/mol. The van der Waals surface area contributed by atoms with Crippen LogP contribution in [-0.4, -0.2) is 0 Å². The minimum atomic E-state index is -0.508. The summed E-state index contributed by atoms with van der Waals surface area (Å²) in [6.07, 6.45) is 12.0. The molecule has 2 nitrogen and oxygen atoms in total. The first-order valence-electron chi connectivity index (χ1n) is 18.9. The van der Waals surface area contributed by atoms with Gasteiger partial charge in [-0.05, 0) is 143 Å². The topological polar surface area (TPSA) is 6.48 Å². The van der Waals surface area contributed by atoms with E-state index in [0.29, 0.717) is 0 Å². The highest BCUT2D eigenvalue weighted by Gasteiger charge is 2.52. The fourth-order valence-corrected chi connectivity index (χ4v) is 9.13. The molecule has 0 saturated carbocycles. The van der Waals surface area contributed by atoms with E-state index in [1.165, 1.54) is 61.3 Å². The molecule has 3 aliphatic carbocycles. The Morgan fingerprint density at radius 3 is 1.52 bits per heavy atom. The number of para-hydroxylation sites is 1. The third-order valence-corrected chi connectivity index (χ3v) is 11.3. The standard InChI is InChI=1S/C52H40N2/c1-36-16-14-22-40(32-36)53(38-18-6-3-4-7-19-38)42-28-30-46-47-31-29-43(54(39-20-8-5-9-21-39)41-23-15-17-37(2)33-41)35-51(47)52(50(46)34-42)48-26-12-10-24-44(48)45-25-11-13-27-49(45)52/h3-6,8-35H,7H2,1-2H3. The summed E-state index contributed by atoms with van der Waals surface area (Å²) in [6, 6.07) is 60.9. The minimum Gasteiger partial charge on any atom is -0.311 e. The van der Waals surface area contributed by atoms with Gasteiger partial charge in [-0.25, -0.2) is 0 Å². The number of benzene rings is 7. The molecule has 10 rings (SSSR count). The molecule has 0 heterocycles. The van der Waals surface area contributed by atoms with E-state index in [4.69, 9.17) is 0 Å². The van der Waals surface area contributed by atoms with Gasteiger partial charge in [-0.3, -0.25) is 0 Å². The van der Waals surface area contributed by atoms with Gasteiger partial charge >= 0.3 is 0 Å². The Morgan fingerprint density at radius 1 is 0.407 bits per heavy atom. The van der Waals surface area contributed by atoms with Crippen LogP contribution in [0.25, 0.3) is 22.3 Å². The lowest BCUT2D eigenvalue weighted by atomic mass is 9.70. The van der Waals surface area contributed by atoms with Crippen LogP contribution in [0.3, 0.4) is 0 Å². The lowest BCUT2D eigenvalue weighted by Gasteiger charge is -2.33. The highest BCUT2D eigenvalue weighted by Crippen LogP contribution is 2.64. The summed E-state index contributed by atoms with van der Waals surface area (Å²) in [5.74, 6) is 0. The predicted octanol–water partition coefficient (Wildman–Crippen LogP) is 13.7. The first-order valence-corrected chi connectivity index (χ1v) is 18.9. The molecule has 3 aliphatic rings. The number of anilines is 5. The van der Waals surface area contributed by atoms with Crippen molar-refractivity contribution >= 4 is 28.4 Å². The number of allylic oxidation sites excluding steroid dienone is 5. The Labute approximate surface area is 318 Å². The molecule has 0 aromatic heterocycles. The molecule has 0 amide bonds. The summed E-state index contributed by atoms with van der Waals surface area (Å²) in [5.41, 5.74) is 19.3. The Morgan fingerprint density at radius 2 is 0.907 bits per heavy atom. The molecule has 1 spiro atoms. The molecule has 0 atom stereocenters. The van der Waals surface area contributed by atoms with Crippen LogP contribution in [0.15, 0.2) is 200 Å². The average molecular weight is 693 g/mol. The molecule has 0 bridgehead atoms. The van der Waals surface area contributed by atoms with E-state index < -0.39 is 5.41 Å². The van der Waals surface area contributed by atoms with Crippen molar-refractivity contribution in [3.8, 4) is 22.3 Å². The summed E-state index contributed by atoms with van der Waals surface area (Å²) in [7, 11) is 0. The summed E-state index contributed by atoms with van der Waals surface area (Å²) < 4.78 is 0. The summed E-state index contributed by atoms with van der Waals surface area (Å²) in [5, 5.41) is 0. The molecular weight excluding hydrogens is 653 g/mol. The maximum Gasteiger partial charge on any atom is 0.0727 e. The second-order valence-electron chi connectivity index (χ2n) is 14.6. The molecule has 0 radical (unpaired) electrons. The molecule has 0 unspecified atom stereocenters. The van der Waals surface area contributed by atoms with Gasteiger partial charge in [-0.15, -0.1) is 0 Å². The Hall–Kier alpha value is -6.64. The molecule has 2 heteroatoms. The Bertz CT molecular complexity index is 2630.